The lowest BCUT2D eigenvalue weighted by molar-refractivity contribution is 1.05. The van der Waals surface area contributed by atoms with Crippen LogP contribution in [0.4, 0.5) is 0 Å². The molecule has 0 unspecified atom stereocenters. The number of aromatic nitrogens is 2. The highest BCUT2D eigenvalue weighted by molar-refractivity contribution is 7.98. The predicted octanol–water partition coefficient (Wildman–Crippen LogP) is 9.94. The summed E-state index contributed by atoms with van der Waals surface area (Å²) >= 11 is 1.73. The van der Waals surface area contributed by atoms with Gasteiger partial charge < -0.3 is 11.5 Å². The molecular formula is C43H34N6S. The van der Waals surface area contributed by atoms with Gasteiger partial charge in [-0.25, -0.2) is 0 Å². The first-order valence-electron chi connectivity index (χ1n) is 16.1. The Kier molecular flexibility index (Phi) is 10.5. The fourth-order valence-electron chi connectivity index (χ4n) is 6.21. The van der Waals surface area contributed by atoms with E-state index in [1.165, 1.54) is 16.7 Å². The van der Waals surface area contributed by atoms with Gasteiger partial charge in [0.2, 0.25) is 0 Å². The molecule has 0 atom stereocenters. The van der Waals surface area contributed by atoms with Gasteiger partial charge in [-0.1, -0.05) is 78.9 Å². The number of benzene rings is 4. The number of fused-ring (bicyclic) bond motifs is 2. The minimum atomic E-state index is 0.538. The Bertz CT molecular complexity index is 2410. The summed E-state index contributed by atoms with van der Waals surface area (Å²) in [7, 11) is 0. The molecule has 6 rings (SSSR count). The monoisotopic (exact) mass is 666 g/mol. The van der Waals surface area contributed by atoms with Gasteiger partial charge in [0.25, 0.3) is 0 Å². The number of nitriles is 2. The Hall–Kier alpha value is -6.41. The summed E-state index contributed by atoms with van der Waals surface area (Å²) in [4.78, 5) is 10.5. The van der Waals surface area contributed by atoms with E-state index >= 15 is 0 Å². The second-order valence-corrected chi connectivity index (χ2v) is 12.3. The SMILES string of the molecule is CSc1ccccc1-c1ccc2c(C(/C=C\CC/C=C(C#N)\C=C/N)=C/N)c3ccccc3c(-c3ccc(-c4cc(C#N)ccn4)nc3)c2c1. The van der Waals surface area contributed by atoms with Crippen molar-refractivity contribution in [2.75, 3.05) is 6.26 Å². The second kappa shape index (κ2) is 15.7. The lowest BCUT2D eigenvalue weighted by Crippen LogP contribution is -1.96. The van der Waals surface area contributed by atoms with Gasteiger partial charge in [0, 0.05) is 34.6 Å². The number of hydrogen-bond donors (Lipinski definition) is 2. The zero-order chi connectivity index (χ0) is 34.9. The van der Waals surface area contributed by atoms with Gasteiger partial charge in [-0.2, -0.15) is 10.5 Å². The quantitative estimate of drug-likeness (QED) is 0.0490. The molecule has 0 radical (unpaired) electrons. The first-order chi connectivity index (χ1) is 24.6. The average molecular weight is 667 g/mol. The Morgan fingerprint density at radius 2 is 1.56 bits per heavy atom. The maximum atomic E-state index is 9.40. The molecule has 0 bridgehead atoms. The minimum absolute atomic E-state index is 0.538. The van der Waals surface area contributed by atoms with Crippen LogP contribution in [0, 0.1) is 22.7 Å². The third-order valence-corrected chi connectivity index (χ3v) is 9.31. The summed E-state index contributed by atoms with van der Waals surface area (Å²) < 4.78 is 0. The largest absolute Gasteiger partial charge is 0.405 e. The number of hydrogen-bond acceptors (Lipinski definition) is 7. The molecule has 0 saturated carbocycles. The molecule has 242 valence electrons. The highest BCUT2D eigenvalue weighted by atomic mass is 32.2. The summed E-state index contributed by atoms with van der Waals surface area (Å²) in [5, 5.41) is 23.0. The Morgan fingerprint density at radius 1 is 0.780 bits per heavy atom. The number of thioether (sulfide) groups is 1. The minimum Gasteiger partial charge on any atom is -0.405 e. The van der Waals surface area contributed by atoms with Gasteiger partial charge in [-0.3, -0.25) is 9.97 Å². The molecule has 2 aromatic heterocycles. The standard InChI is InChI=1S/C43H34N6S/c1-50-41-14-8-7-11-34(41)31-15-17-37-38(24-31)43(33-16-18-39(49-28-33)40-23-30(26-46)20-22-48-40)36-13-6-5-12-35(36)42(37)32(27-47)10-4-2-3-9-29(25-45)19-21-44/h4-24,27-28H,2-3,44,47H2,1H3/b10-4-,21-19-,29-9+,32-27+. The lowest BCUT2D eigenvalue weighted by Gasteiger charge is -2.19. The van der Waals surface area contributed by atoms with Gasteiger partial charge in [-0.15, -0.1) is 11.8 Å². The zero-order valence-corrected chi connectivity index (χ0v) is 28.4. The number of nitrogens with two attached hydrogens (primary N) is 2. The molecule has 0 aliphatic heterocycles. The van der Waals surface area contributed by atoms with E-state index in [4.69, 9.17) is 16.5 Å². The van der Waals surface area contributed by atoms with Crippen molar-refractivity contribution in [2.45, 2.75) is 17.7 Å². The summed E-state index contributed by atoms with van der Waals surface area (Å²) in [6.07, 6.45) is 17.7. The van der Waals surface area contributed by atoms with Crippen molar-refractivity contribution in [3.8, 4) is 45.8 Å². The number of rotatable bonds is 10. The maximum absolute atomic E-state index is 9.40. The Balaban J connectivity index is 1.54. The molecule has 6 nitrogen and oxygen atoms in total. The smallest absolute Gasteiger partial charge is 0.0992 e. The summed E-state index contributed by atoms with van der Waals surface area (Å²) in [6, 6.07) is 35.3. The van der Waals surface area contributed by atoms with Crippen molar-refractivity contribution >= 4 is 38.9 Å². The van der Waals surface area contributed by atoms with Crippen molar-refractivity contribution in [1.82, 2.24) is 9.97 Å². The summed E-state index contributed by atoms with van der Waals surface area (Å²) in [6.45, 7) is 0. The Labute approximate surface area is 296 Å². The zero-order valence-electron chi connectivity index (χ0n) is 27.5. The fourth-order valence-corrected chi connectivity index (χ4v) is 6.83. The summed E-state index contributed by atoms with van der Waals surface area (Å²) in [5.74, 6) is 0. The van der Waals surface area contributed by atoms with Gasteiger partial charge in [0.05, 0.1) is 29.1 Å². The molecule has 0 fully saturated rings. The summed E-state index contributed by atoms with van der Waals surface area (Å²) in [5.41, 5.74) is 20.5. The average Bonchev–Trinajstić information content (AvgIpc) is 3.18. The molecule has 50 heavy (non-hydrogen) atoms. The highest BCUT2D eigenvalue weighted by Crippen LogP contribution is 2.44. The van der Waals surface area contributed by atoms with E-state index < -0.39 is 0 Å². The maximum Gasteiger partial charge on any atom is 0.0992 e. The highest BCUT2D eigenvalue weighted by Gasteiger charge is 2.19. The fraction of sp³-hybridized carbons (Fsp3) is 0.0698. The van der Waals surface area contributed by atoms with Crippen LogP contribution < -0.4 is 11.5 Å². The molecule has 4 N–H and O–H groups in total. The van der Waals surface area contributed by atoms with Crippen molar-refractivity contribution in [2.24, 2.45) is 11.5 Å². The third-order valence-electron chi connectivity index (χ3n) is 8.51. The Morgan fingerprint density at radius 3 is 2.30 bits per heavy atom. The van der Waals surface area contributed by atoms with E-state index in [9.17, 15) is 10.5 Å². The molecule has 0 spiro atoms. The van der Waals surface area contributed by atoms with Crippen molar-refractivity contribution in [1.29, 1.82) is 10.5 Å². The predicted molar refractivity (Wildman–Crippen MR) is 207 cm³/mol. The molecule has 0 aliphatic carbocycles. The molecule has 0 amide bonds. The second-order valence-electron chi connectivity index (χ2n) is 11.5. The number of allylic oxidation sites excluding steroid dienone is 6. The van der Waals surface area contributed by atoms with Crippen LogP contribution in [0.1, 0.15) is 24.0 Å². The van der Waals surface area contributed by atoms with E-state index in [0.717, 1.165) is 55.8 Å². The molecule has 0 aliphatic rings. The van der Waals surface area contributed by atoms with Crippen LogP contribution in [0.25, 0.3) is 60.8 Å². The van der Waals surface area contributed by atoms with Crippen molar-refractivity contribution in [3.63, 3.8) is 0 Å². The van der Waals surface area contributed by atoms with Crippen LogP contribution in [0.15, 0.2) is 151 Å². The van der Waals surface area contributed by atoms with Gasteiger partial charge >= 0.3 is 0 Å². The first kappa shape index (κ1) is 33.5. The van der Waals surface area contributed by atoms with Crippen LogP contribution in [-0.2, 0) is 0 Å². The normalized spacial score (nSPS) is 12.1. The number of pyridine rings is 2. The molecular weight excluding hydrogens is 633 g/mol. The van der Waals surface area contributed by atoms with E-state index in [1.807, 2.05) is 18.3 Å². The topological polar surface area (TPSA) is 125 Å². The van der Waals surface area contributed by atoms with Crippen LogP contribution in [0.5, 0.6) is 0 Å². The van der Waals surface area contributed by atoms with E-state index in [-0.39, 0.29) is 0 Å². The number of nitrogens with zero attached hydrogens (tertiary/aromatic N) is 4. The van der Waals surface area contributed by atoms with E-state index in [1.54, 1.807) is 42.4 Å². The van der Waals surface area contributed by atoms with Gasteiger partial charge in [-0.05, 0) is 111 Å². The van der Waals surface area contributed by atoms with Crippen LogP contribution >= 0.6 is 11.8 Å². The third kappa shape index (κ3) is 6.91. The van der Waals surface area contributed by atoms with Crippen LogP contribution in [-0.4, -0.2) is 16.2 Å². The van der Waals surface area contributed by atoms with E-state index in [0.29, 0.717) is 28.9 Å². The molecule has 4 aromatic carbocycles. The van der Waals surface area contributed by atoms with Gasteiger partial charge in [0.15, 0.2) is 0 Å². The first-order valence-corrected chi connectivity index (χ1v) is 17.3. The number of unbranched alkanes of at least 4 members (excludes halogenated alkanes) is 1. The molecule has 0 saturated heterocycles. The van der Waals surface area contributed by atoms with Crippen molar-refractivity contribution < 1.29 is 0 Å². The van der Waals surface area contributed by atoms with Gasteiger partial charge in [0.1, 0.15) is 0 Å². The van der Waals surface area contributed by atoms with Crippen molar-refractivity contribution in [3.05, 3.63) is 157 Å². The van der Waals surface area contributed by atoms with Crippen LogP contribution in [0.3, 0.4) is 0 Å². The van der Waals surface area contributed by atoms with Crippen LogP contribution in [0.2, 0.25) is 0 Å². The lowest BCUT2D eigenvalue weighted by atomic mass is 9.85. The molecule has 6 aromatic rings. The molecule has 2 heterocycles. The van der Waals surface area contributed by atoms with E-state index in [2.05, 4.69) is 108 Å². The molecule has 7 heteroatoms.